The minimum atomic E-state index is 0.612. The van der Waals surface area contributed by atoms with E-state index in [9.17, 15) is 0 Å². The molecule has 21 heavy (non-hydrogen) atoms. The topological polar surface area (TPSA) is 32.3 Å². The normalized spacial score (nSPS) is 19.1. The van der Waals surface area contributed by atoms with Crippen LogP contribution in [0.3, 0.4) is 0 Å². The summed E-state index contributed by atoms with van der Waals surface area (Å²) in [5, 5.41) is 10.4. The van der Waals surface area contributed by atoms with Crippen LogP contribution in [0.5, 0.6) is 0 Å². The van der Waals surface area contributed by atoms with E-state index in [1.54, 1.807) is 6.20 Å². The lowest BCUT2D eigenvalue weighted by molar-refractivity contribution is 0.217. The average molecular weight is 302 g/mol. The molecule has 3 heterocycles. The van der Waals surface area contributed by atoms with Crippen molar-refractivity contribution in [1.82, 2.24) is 15.1 Å². The molecule has 0 aromatic carbocycles. The molecule has 0 bridgehead atoms. The molecule has 112 valence electrons. The third-order valence-corrected chi connectivity index (χ3v) is 5.13. The predicted octanol–water partition coefficient (Wildman–Crippen LogP) is 2.68. The maximum atomic E-state index is 4.24. The van der Waals surface area contributed by atoms with Gasteiger partial charge in [-0.05, 0) is 49.9 Å². The smallest absolute Gasteiger partial charge is 0.151 e. The van der Waals surface area contributed by atoms with Crippen molar-refractivity contribution < 1.29 is 0 Å². The van der Waals surface area contributed by atoms with Gasteiger partial charge in [0.15, 0.2) is 5.82 Å². The van der Waals surface area contributed by atoms with Crippen LogP contribution in [0, 0.1) is 0 Å². The summed E-state index contributed by atoms with van der Waals surface area (Å²) in [7, 11) is 2.25. The maximum absolute atomic E-state index is 4.24. The highest BCUT2D eigenvalue weighted by atomic mass is 32.1. The third kappa shape index (κ3) is 3.80. The highest BCUT2D eigenvalue weighted by Crippen LogP contribution is 2.20. The van der Waals surface area contributed by atoms with Crippen LogP contribution in [0.2, 0.25) is 0 Å². The Hall–Kier alpha value is -1.46. The molecule has 1 atom stereocenters. The number of hydrogen-bond acceptors (Lipinski definition) is 5. The number of aromatic nitrogens is 2. The number of nitrogens with zero attached hydrogens (tertiary/aromatic N) is 4. The van der Waals surface area contributed by atoms with E-state index in [-0.39, 0.29) is 0 Å². The second kappa shape index (κ2) is 7.00. The van der Waals surface area contributed by atoms with Crippen LogP contribution in [0.25, 0.3) is 0 Å². The van der Waals surface area contributed by atoms with Crippen molar-refractivity contribution in [2.45, 2.75) is 25.3 Å². The summed E-state index contributed by atoms with van der Waals surface area (Å²) >= 11 is 1.85. The van der Waals surface area contributed by atoms with Gasteiger partial charge in [-0.15, -0.1) is 16.4 Å². The number of thiophene rings is 1. The summed E-state index contributed by atoms with van der Waals surface area (Å²) < 4.78 is 0. The predicted molar refractivity (Wildman–Crippen MR) is 87.9 cm³/mol. The monoisotopic (exact) mass is 302 g/mol. The zero-order chi connectivity index (χ0) is 14.5. The van der Waals surface area contributed by atoms with Crippen molar-refractivity contribution in [2.24, 2.45) is 0 Å². The highest BCUT2D eigenvalue weighted by Gasteiger charge is 2.23. The van der Waals surface area contributed by atoms with E-state index >= 15 is 0 Å². The largest absolute Gasteiger partial charge is 0.354 e. The fourth-order valence-electron chi connectivity index (χ4n) is 2.91. The summed E-state index contributed by atoms with van der Waals surface area (Å²) in [6.07, 6.45) is 5.39. The van der Waals surface area contributed by atoms with Gasteiger partial charge in [0.25, 0.3) is 0 Å². The molecule has 0 saturated carbocycles. The molecule has 1 aliphatic heterocycles. The molecule has 1 saturated heterocycles. The van der Waals surface area contributed by atoms with Gasteiger partial charge in [0, 0.05) is 36.8 Å². The number of likely N-dealkylation sites (N-methyl/N-ethyl adjacent to an activating group) is 1. The zero-order valence-corrected chi connectivity index (χ0v) is 13.3. The van der Waals surface area contributed by atoms with E-state index in [0.29, 0.717) is 6.04 Å². The van der Waals surface area contributed by atoms with E-state index in [4.69, 9.17) is 0 Å². The summed E-state index contributed by atoms with van der Waals surface area (Å²) in [6, 6.07) is 9.00. The van der Waals surface area contributed by atoms with E-state index in [0.717, 1.165) is 31.9 Å². The first-order valence-electron chi connectivity index (χ1n) is 7.58. The van der Waals surface area contributed by atoms with Crippen LogP contribution in [0.1, 0.15) is 17.7 Å². The number of piperidine rings is 1. The van der Waals surface area contributed by atoms with Crippen molar-refractivity contribution in [2.75, 3.05) is 31.6 Å². The lowest BCUT2D eigenvalue weighted by Gasteiger charge is -2.38. The van der Waals surface area contributed by atoms with Gasteiger partial charge in [-0.3, -0.25) is 0 Å². The van der Waals surface area contributed by atoms with Crippen molar-refractivity contribution in [3.05, 3.63) is 40.7 Å². The van der Waals surface area contributed by atoms with Gasteiger partial charge in [0.05, 0.1) is 0 Å². The molecule has 4 nitrogen and oxygen atoms in total. The van der Waals surface area contributed by atoms with E-state index in [2.05, 4.69) is 50.6 Å². The Kier molecular flexibility index (Phi) is 4.83. The van der Waals surface area contributed by atoms with Crippen LogP contribution in [0.4, 0.5) is 5.82 Å². The summed E-state index contributed by atoms with van der Waals surface area (Å²) in [4.78, 5) is 6.34. The van der Waals surface area contributed by atoms with Crippen LogP contribution < -0.4 is 4.90 Å². The van der Waals surface area contributed by atoms with E-state index < -0.39 is 0 Å². The minimum absolute atomic E-state index is 0.612. The van der Waals surface area contributed by atoms with Crippen molar-refractivity contribution >= 4 is 17.2 Å². The number of hydrogen-bond donors (Lipinski definition) is 0. The van der Waals surface area contributed by atoms with E-state index in [1.807, 2.05) is 17.4 Å². The molecule has 3 rings (SSSR count). The molecule has 0 spiro atoms. The number of rotatable bonds is 5. The molecular formula is C16H22N4S. The number of anilines is 1. The van der Waals surface area contributed by atoms with Crippen molar-refractivity contribution in [3.8, 4) is 0 Å². The zero-order valence-electron chi connectivity index (χ0n) is 12.5. The van der Waals surface area contributed by atoms with Gasteiger partial charge >= 0.3 is 0 Å². The summed E-state index contributed by atoms with van der Waals surface area (Å²) in [5.41, 5.74) is 0. The molecule has 0 aliphatic carbocycles. The molecule has 1 fully saturated rings. The first-order chi connectivity index (χ1) is 10.3. The van der Waals surface area contributed by atoms with Gasteiger partial charge in [0.1, 0.15) is 0 Å². The Bertz CT molecular complexity index is 528. The minimum Gasteiger partial charge on any atom is -0.354 e. The van der Waals surface area contributed by atoms with Gasteiger partial charge in [-0.25, -0.2) is 0 Å². The fourth-order valence-corrected chi connectivity index (χ4v) is 3.61. The van der Waals surface area contributed by atoms with Crippen LogP contribution in [-0.2, 0) is 6.42 Å². The third-order valence-electron chi connectivity index (χ3n) is 4.19. The Morgan fingerprint density at radius 1 is 1.38 bits per heavy atom. The van der Waals surface area contributed by atoms with Gasteiger partial charge in [-0.2, -0.15) is 5.10 Å². The van der Waals surface area contributed by atoms with Crippen LogP contribution in [0.15, 0.2) is 35.8 Å². The van der Waals surface area contributed by atoms with E-state index in [1.165, 1.54) is 17.7 Å². The first kappa shape index (κ1) is 14.5. The highest BCUT2D eigenvalue weighted by molar-refractivity contribution is 7.09. The summed E-state index contributed by atoms with van der Waals surface area (Å²) in [5.74, 6) is 1.01. The standard InChI is InChI=1S/C16H22N4S/c1-19(11-8-15-6-4-12-21-15)14-5-3-10-20(13-14)16-7-2-9-17-18-16/h2,4,6-7,9,12,14H,3,5,8,10-11,13H2,1H3/t14-/m0/s1. The Morgan fingerprint density at radius 3 is 3.10 bits per heavy atom. The molecule has 1 aliphatic rings. The van der Waals surface area contributed by atoms with Gasteiger partial charge in [0.2, 0.25) is 0 Å². The molecule has 0 amide bonds. The second-order valence-corrected chi connectivity index (χ2v) is 6.67. The lowest BCUT2D eigenvalue weighted by Crippen LogP contribution is -2.47. The molecular weight excluding hydrogens is 280 g/mol. The molecule has 0 N–H and O–H groups in total. The SMILES string of the molecule is CN(CCc1cccs1)[C@H]1CCCN(c2cccnn2)C1. The summed E-state index contributed by atoms with van der Waals surface area (Å²) in [6.45, 7) is 3.27. The van der Waals surface area contributed by atoms with Crippen LogP contribution >= 0.6 is 11.3 Å². The molecule has 0 radical (unpaired) electrons. The lowest BCUT2D eigenvalue weighted by atomic mass is 10.0. The Morgan fingerprint density at radius 2 is 2.33 bits per heavy atom. The maximum Gasteiger partial charge on any atom is 0.151 e. The van der Waals surface area contributed by atoms with Crippen molar-refractivity contribution in [1.29, 1.82) is 0 Å². The second-order valence-electron chi connectivity index (χ2n) is 5.63. The van der Waals surface area contributed by atoms with Crippen LogP contribution in [-0.4, -0.2) is 47.8 Å². The van der Waals surface area contributed by atoms with Crippen molar-refractivity contribution in [3.63, 3.8) is 0 Å². The molecule has 5 heteroatoms. The quantitative estimate of drug-likeness (QED) is 0.850. The Labute approximate surface area is 130 Å². The molecule has 2 aromatic heterocycles. The molecule has 2 aromatic rings. The Balaban J connectivity index is 1.55. The fraction of sp³-hybridized carbons (Fsp3) is 0.500. The first-order valence-corrected chi connectivity index (χ1v) is 8.46. The van der Waals surface area contributed by atoms with Gasteiger partial charge < -0.3 is 9.80 Å². The average Bonchev–Trinajstić information content (AvgIpc) is 3.07. The van der Waals surface area contributed by atoms with Gasteiger partial charge in [-0.1, -0.05) is 6.07 Å². The molecule has 0 unspecified atom stereocenters.